The Bertz CT molecular complexity index is 606. The van der Waals surface area contributed by atoms with Crippen LogP contribution in [0.5, 0.6) is 0 Å². The Morgan fingerprint density at radius 3 is 2.74 bits per heavy atom. The van der Waals surface area contributed by atoms with E-state index in [1.54, 1.807) is 18.4 Å². The lowest BCUT2D eigenvalue weighted by molar-refractivity contribution is 0.0561. The van der Waals surface area contributed by atoms with Crippen LogP contribution >= 0.6 is 0 Å². The van der Waals surface area contributed by atoms with Crippen LogP contribution in [0.4, 0.5) is 4.39 Å². The monoisotopic (exact) mass is 318 g/mol. The first kappa shape index (κ1) is 16.1. The number of nitrogens with zero attached hydrogens (tertiary/aromatic N) is 1. The van der Waals surface area contributed by atoms with Crippen molar-refractivity contribution in [2.75, 3.05) is 19.8 Å². The minimum atomic E-state index is -0.258. The molecule has 1 aliphatic rings. The number of aromatic nitrogens is 1. The fraction of sp³-hybridized carbons (Fsp3) is 0.500. The minimum Gasteiger partial charge on any atom is -0.444 e. The molecule has 1 aromatic heterocycles. The van der Waals surface area contributed by atoms with Crippen molar-refractivity contribution in [2.45, 2.75) is 32.2 Å². The third-order valence-electron chi connectivity index (χ3n) is 4.46. The highest BCUT2D eigenvalue weighted by Crippen LogP contribution is 2.20. The number of rotatable bonds is 6. The maximum Gasteiger partial charge on any atom is 0.226 e. The van der Waals surface area contributed by atoms with Crippen molar-refractivity contribution in [2.24, 2.45) is 5.92 Å². The highest BCUT2D eigenvalue weighted by Gasteiger charge is 2.19. The van der Waals surface area contributed by atoms with Gasteiger partial charge in [0.25, 0.3) is 0 Å². The molecule has 0 unspecified atom stereocenters. The zero-order chi connectivity index (χ0) is 16.1. The van der Waals surface area contributed by atoms with Crippen LogP contribution < -0.4 is 5.32 Å². The van der Waals surface area contributed by atoms with Gasteiger partial charge in [-0.3, -0.25) is 0 Å². The standard InChI is InChI=1S/C18H23FN2O2/c1-13(14-7-10-22-11-8-14)20-9-6-17-12-23-18(21-17)15-2-4-16(19)5-3-15/h2-5,12-14,20H,6-11H2,1H3/t13-/m1/s1. The SMILES string of the molecule is C[C@@H](NCCc1coc(-c2ccc(F)cc2)n1)C1CCOCC1. The lowest BCUT2D eigenvalue weighted by Gasteiger charge is -2.28. The molecule has 1 fully saturated rings. The van der Waals surface area contributed by atoms with E-state index < -0.39 is 0 Å². The molecule has 1 atom stereocenters. The summed E-state index contributed by atoms with van der Waals surface area (Å²) in [6, 6.07) is 6.67. The summed E-state index contributed by atoms with van der Waals surface area (Å²) in [6.45, 7) is 4.86. The molecule has 1 aromatic carbocycles. The van der Waals surface area contributed by atoms with Gasteiger partial charge in [-0.05, 0) is 49.9 Å². The Kier molecular flexibility index (Phi) is 5.41. The van der Waals surface area contributed by atoms with Gasteiger partial charge in [-0.2, -0.15) is 0 Å². The molecule has 124 valence electrons. The normalized spacial score (nSPS) is 17.3. The molecule has 0 saturated carbocycles. The van der Waals surface area contributed by atoms with E-state index in [1.807, 2.05) is 0 Å². The van der Waals surface area contributed by atoms with Gasteiger partial charge in [0.05, 0.1) is 5.69 Å². The molecule has 1 aliphatic heterocycles. The van der Waals surface area contributed by atoms with Gasteiger partial charge in [0, 0.05) is 37.8 Å². The highest BCUT2D eigenvalue weighted by molar-refractivity contribution is 5.52. The second-order valence-corrected chi connectivity index (χ2v) is 6.09. The smallest absolute Gasteiger partial charge is 0.226 e. The van der Waals surface area contributed by atoms with Crippen molar-refractivity contribution in [3.05, 3.63) is 42.0 Å². The van der Waals surface area contributed by atoms with Crippen LogP contribution in [0.15, 0.2) is 34.9 Å². The van der Waals surface area contributed by atoms with Crippen molar-refractivity contribution < 1.29 is 13.5 Å². The first-order valence-electron chi connectivity index (χ1n) is 8.24. The first-order chi connectivity index (χ1) is 11.2. The largest absolute Gasteiger partial charge is 0.444 e. The maximum atomic E-state index is 12.9. The van der Waals surface area contributed by atoms with E-state index in [2.05, 4.69) is 17.2 Å². The average molecular weight is 318 g/mol. The topological polar surface area (TPSA) is 47.3 Å². The Balaban J connectivity index is 1.48. The zero-order valence-electron chi connectivity index (χ0n) is 13.4. The van der Waals surface area contributed by atoms with E-state index in [0.717, 1.165) is 50.3 Å². The van der Waals surface area contributed by atoms with Crippen LogP contribution in [0.1, 0.15) is 25.5 Å². The van der Waals surface area contributed by atoms with Gasteiger partial charge in [-0.25, -0.2) is 9.37 Å². The molecule has 0 amide bonds. The van der Waals surface area contributed by atoms with Crippen LogP contribution in [0.25, 0.3) is 11.5 Å². The van der Waals surface area contributed by atoms with Crippen molar-refractivity contribution in [3.8, 4) is 11.5 Å². The van der Waals surface area contributed by atoms with Gasteiger partial charge in [0.2, 0.25) is 5.89 Å². The predicted molar refractivity (Wildman–Crippen MR) is 86.6 cm³/mol. The van der Waals surface area contributed by atoms with Gasteiger partial charge in [-0.15, -0.1) is 0 Å². The molecule has 2 aromatic rings. The van der Waals surface area contributed by atoms with Gasteiger partial charge >= 0.3 is 0 Å². The molecule has 0 radical (unpaired) electrons. The van der Waals surface area contributed by atoms with Gasteiger partial charge in [0.15, 0.2) is 0 Å². The second kappa shape index (κ2) is 7.70. The number of benzene rings is 1. The molecule has 2 heterocycles. The van der Waals surface area contributed by atoms with Crippen molar-refractivity contribution in [1.82, 2.24) is 10.3 Å². The van der Waals surface area contributed by atoms with Crippen LogP contribution in [-0.4, -0.2) is 30.8 Å². The van der Waals surface area contributed by atoms with Crippen LogP contribution in [-0.2, 0) is 11.2 Å². The molecule has 1 N–H and O–H groups in total. The quantitative estimate of drug-likeness (QED) is 0.886. The highest BCUT2D eigenvalue weighted by atomic mass is 19.1. The summed E-state index contributed by atoms with van der Waals surface area (Å²) in [5.41, 5.74) is 1.71. The maximum absolute atomic E-state index is 12.9. The Morgan fingerprint density at radius 1 is 1.26 bits per heavy atom. The predicted octanol–water partition coefficient (Wildman–Crippen LogP) is 3.43. The lowest BCUT2D eigenvalue weighted by atomic mass is 9.93. The van der Waals surface area contributed by atoms with Gasteiger partial charge in [-0.1, -0.05) is 0 Å². The molecule has 0 spiro atoms. The molecule has 0 aliphatic carbocycles. The summed E-state index contributed by atoms with van der Waals surface area (Å²) in [6.07, 6.45) is 4.76. The second-order valence-electron chi connectivity index (χ2n) is 6.09. The van der Waals surface area contributed by atoms with E-state index in [-0.39, 0.29) is 5.82 Å². The zero-order valence-corrected chi connectivity index (χ0v) is 13.4. The van der Waals surface area contributed by atoms with E-state index in [4.69, 9.17) is 9.15 Å². The molecular weight excluding hydrogens is 295 g/mol. The number of hydrogen-bond acceptors (Lipinski definition) is 4. The number of hydrogen-bond donors (Lipinski definition) is 1. The fourth-order valence-corrected chi connectivity index (χ4v) is 2.96. The van der Waals surface area contributed by atoms with E-state index in [1.165, 1.54) is 12.1 Å². The van der Waals surface area contributed by atoms with E-state index >= 15 is 0 Å². The molecule has 4 nitrogen and oxygen atoms in total. The lowest BCUT2D eigenvalue weighted by Crippen LogP contribution is -2.37. The van der Waals surface area contributed by atoms with E-state index in [9.17, 15) is 4.39 Å². The fourth-order valence-electron chi connectivity index (χ4n) is 2.96. The molecule has 3 rings (SSSR count). The Labute approximate surface area is 136 Å². The first-order valence-corrected chi connectivity index (χ1v) is 8.24. The average Bonchev–Trinajstić information content (AvgIpc) is 3.05. The summed E-state index contributed by atoms with van der Waals surface area (Å²) < 4.78 is 23.8. The minimum absolute atomic E-state index is 0.258. The molecule has 1 saturated heterocycles. The third kappa shape index (κ3) is 4.39. The summed E-state index contributed by atoms with van der Waals surface area (Å²) in [4.78, 5) is 4.47. The van der Waals surface area contributed by atoms with Crippen LogP contribution in [0, 0.1) is 11.7 Å². The van der Waals surface area contributed by atoms with Crippen LogP contribution in [0.3, 0.4) is 0 Å². The summed E-state index contributed by atoms with van der Waals surface area (Å²) in [7, 11) is 0. The van der Waals surface area contributed by atoms with Crippen LogP contribution in [0.2, 0.25) is 0 Å². The van der Waals surface area contributed by atoms with Crippen molar-refractivity contribution in [3.63, 3.8) is 0 Å². The van der Waals surface area contributed by atoms with Gasteiger partial charge < -0.3 is 14.5 Å². The molecular formula is C18H23FN2O2. The summed E-state index contributed by atoms with van der Waals surface area (Å²) >= 11 is 0. The number of nitrogens with one attached hydrogen (secondary N) is 1. The number of halogens is 1. The molecule has 0 bridgehead atoms. The van der Waals surface area contributed by atoms with Crippen molar-refractivity contribution >= 4 is 0 Å². The Morgan fingerprint density at radius 2 is 2.00 bits per heavy atom. The Hall–Kier alpha value is -1.72. The molecule has 23 heavy (non-hydrogen) atoms. The third-order valence-corrected chi connectivity index (χ3v) is 4.46. The van der Waals surface area contributed by atoms with Crippen molar-refractivity contribution in [1.29, 1.82) is 0 Å². The summed E-state index contributed by atoms with van der Waals surface area (Å²) in [5, 5.41) is 3.57. The number of oxazole rings is 1. The number of ether oxygens (including phenoxy) is 1. The summed E-state index contributed by atoms with van der Waals surface area (Å²) in [5.74, 6) is 0.972. The molecule has 5 heteroatoms. The van der Waals surface area contributed by atoms with E-state index in [0.29, 0.717) is 17.9 Å². The van der Waals surface area contributed by atoms with Gasteiger partial charge in [0.1, 0.15) is 12.1 Å².